The molecule has 20 aromatic rings. The van der Waals surface area contributed by atoms with Crippen LogP contribution in [-0.2, 0) is 57.2 Å². The summed E-state index contributed by atoms with van der Waals surface area (Å²) in [4.78, 5) is 113. The SMILES string of the molecule is C=CC(=O)N(C(=O)C=C)c1ncnc2c1c(-c1ccccc1)nn2C(C)(C)C.C=CC(=O)Nc1ncnc2c1c(-c1ccc3ccccc3c1)nn2C(C)(C)C.C=CC(=O)Nc1ncnc2c1c(-c1ccccc1)nn2C(C)(C)C.CC(C)(C)n1nc(-c2ccc3ccccc3c2)c2c(N)ncnc21.CC(C)(C)n1nc(-c2ccccc2)c2c(N)ncnc21.CC(C)(C)n1nc(-c2ccccc2)c2c(NC(=O)CCl)ncnc21. The summed E-state index contributed by atoms with van der Waals surface area (Å²) >= 11 is 5.61. The maximum Gasteiger partial charge on any atom is 0.258 e. The van der Waals surface area contributed by atoms with Crippen LogP contribution in [0.15, 0.2) is 295 Å². The Balaban J connectivity index is 0.000000133. The van der Waals surface area contributed by atoms with Crippen molar-refractivity contribution in [1.29, 1.82) is 0 Å². The van der Waals surface area contributed by atoms with Gasteiger partial charge in [0.1, 0.15) is 107 Å². The fourth-order valence-electron chi connectivity index (χ4n) is 16.3. The van der Waals surface area contributed by atoms with Gasteiger partial charge < -0.3 is 27.4 Å². The molecule has 35 nitrogen and oxygen atoms in total. The summed E-state index contributed by atoms with van der Waals surface area (Å²) in [5, 5.41) is 45.9. The molecular formula is C112H115ClN30O5. The van der Waals surface area contributed by atoms with Crippen LogP contribution in [0, 0.1) is 0 Å². The first-order valence-corrected chi connectivity index (χ1v) is 48.0. The molecule has 0 unspecified atom stereocenters. The molecule has 0 aliphatic heterocycles. The van der Waals surface area contributed by atoms with Crippen LogP contribution in [0.25, 0.3) is 155 Å². The van der Waals surface area contributed by atoms with Gasteiger partial charge in [0.15, 0.2) is 39.7 Å². The molecule has 0 saturated heterocycles. The number of halogens is 1. The third kappa shape index (κ3) is 22.3. The summed E-state index contributed by atoms with van der Waals surface area (Å²) < 4.78 is 11.2. The van der Waals surface area contributed by atoms with Crippen molar-refractivity contribution in [3.63, 3.8) is 0 Å². The van der Waals surface area contributed by atoms with Gasteiger partial charge in [-0.2, -0.15) is 30.6 Å². The van der Waals surface area contributed by atoms with E-state index in [1.165, 1.54) is 60.9 Å². The van der Waals surface area contributed by atoms with Crippen LogP contribution in [0.2, 0.25) is 0 Å². The molecule has 20 rings (SSSR count). The van der Waals surface area contributed by atoms with Crippen LogP contribution in [0.4, 0.5) is 34.9 Å². The zero-order chi connectivity index (χ0) is 106. The van der Waals surface area contributed by atoms with Gasteiger partial charge in [-0.15, -0.1) is 11.6 Å². The summed E-state index contributed by atoms with van der Waals surface area (Å²) in [6, 6.07) is 68.0. The highest BCUT2D eigenvalue weighted by atomic mass is 35.5. The average Bonchev–Trinajstić information content (AvgIpc) is 1.59. The van der Waals surface area contributed by atoms with Crippen LogP contribution in [0.3, 0.4) is 0 Å². The Hall–Kier alpha value is -18.0. The molecule has 0 radical (unpaired) electrons. The molecular weight excluding hydrogens is 1880 g/mol. The number of nitrogen functional groups attached to an aromatic ring is 2. The number of nitrogens with two attached hydrogens (primary N) is 2. The van der Waals surface area contributed by atoms with E-state index in [0.29, 0.717) is 78.9 Å². The van der Waals surface area contributed by atoms with E-state index < -0.39 is 11.8 Å². The molecule has 8 aromatic carbocycles. The van der Waals surface area contributed by atoms with Gasteiger partial charge in [0, 0.05) is 33.4 Å². The van der Waals surface area contributed by atoms with Crippen LogP contribution in [0.1, 0.15) is 125 Å². The van der Waals surface area contributed by atoms with Gasteiger partial charge in [-0.25, -0.2) is 92.8 Å². The number of hydrogen-bond acceptors (Lipinski definition) is 25. The number of rotatable bonds is 15. The number of carbonyl (C=O) groups excluding carboxylic acids is 5. The number of nitrogens with zero attached hydrogens (tertiary/aromatic N) is 25. The van der Waals surface area contributed by atoms with Gasteiger partial charge in [-0.3, -0.25) is 24.0 Å². The van der Waals surface area contributed by atoms with Gasteiger partial charge in [0.25, 0.3) is 11.8 Å². The van der Waals surface area contributed by atoms with Crippen molar-refractivity contribution in [2.24, 2.45) is 0 Å². The number of amides is 5. The predicted octanol–water partition coefficient (Wildman–Crippen LogP) is 21.6. The molecule has 0 bridgehead atoms. The first kappa shape index (κ1) is 104. The van der Waals surface area contributed by atoms with Crippen LogP contribution >= 0.6 is 11.6 Å². The summed E-state index contributed by atoms with van der Waals surface area (Å²) in [7, 11) is 0. The summed E-state index contributed by atoms with van der Waals surface area (Å²) in [6.07, 6.45) is 13.1. The number of alkyl halides is 1. The van der Waals surface area contributed by atoms with Crippen molar-refractivity contribution < 1.29 is 24.0 Å². The molecule has 36 heteroatoms. The lowest BCUT2D eigenvalue weighted by Gasteiger charge is -2.20. The van der Waals surface area contributed by atoms with Crippen molar-refractivity contribution in [2.75, 3.05) is 38.2 Å². The number of anilines is 6. The zero-order valence-electron chi connectivity index (χ0n) is 85.7. The van der Waals surface area contributed by atoms with Gasteiger partial charge in [0.2, 0.25) is 17.7 Å². The molecule has 148 heavy (non-hydrogen) atoms. The third-order valence-corrected chi connectivity index (χ3v) is 23.4. The number of fused-ring (bicyclic) bond motifs is 8. The highest BCUT2D eigenvalue weighted by molar-refractivity contribution is 6.29. The lowest BCUT2D eigenvalue weighted by Crippen LogP contribution is -2.35. The fraction of sp³-hybridized carbons (Fsp3) is 0.223. The molecule has 0 atom stereocenters. The maximum absolute atomic E-state index is 12.5. The van der Waals surface area contributed by atoms with Gasteiger partial charge in [-0.1, -0.05) is 220 Å². The number of hydrogen-bond donors (Lipinski definition) is 5. The Morgan fingerprint density at radius 2 is 0.534 bits per heavy atom. The highest BCUT2D eigenvalue weighted by Crippen LogP contribution is 2.43. The monoisotopic (exact) mass is 1990 g/mol. The minimum Gasteiger partial charge on any atom is -0.383 e. The summed E-state index contributed by atoms with van der Waals surface area (Å²) in [5.41, 5.74) is 24.8. The first-order chi connectivity index (χ1) is 70.4. The van der Waals surface area contributed by atoms with Crippen molar-refractivity contribution in [3.8, 4) is 67.5 Å². The van der Waals surface area contributed by atoms with Crippen molar-refractivity contribution in [3.05, 3.63) is 295 Å². The van der Waals surface area contributed by atoms with E-state index in [9.17, 15) is 24.0 Å². The molecule has 0 aliphatic rings. The number of aromatic nitrogens is 24. The van der Waals surface area contributed by atoms with E-state index in [4.69, 9.17) is 53.7 Å². The molecule has 12 aromatic heterocycles. The fourth-order valence-corrected chi connectivity index (χ4v) is 16.3. The van der Waals surface area contributed by atoms with E-state index in [0.717, 1.165) is 112 Å². The second kappa shape index (κ2) is 42.9. The number of carbonyl (C=O) groups is 5. The van der Waals surface area contributed by atoms with E-state index in [1.54, 1.807) is 4.68 Å². The van der Waals surface area contributed by atoms with E-state index >= 15 is 0 Å². The largest absolute Gasteiger partial charge is 0.383 e. The van der Waals surface area contributed by atoms with Gasteiger partial charge in [-0.05, 0) is 183 Å². The lowest BCUT2D eigenvalue weighted by molar-refractivity contribution is -0.121. The summed E-state index contributed by atoms with van der Waals surface area (Å²) in [5.74, 6) is 0.0223. The third-order valence-electron chi connectivity index (χ3n) is 23.1. The van der Waals surface area contributed by atoms with E-state index in [-0.39, 0.29) is 62.7 Å². The Kier molecular flexibility index (Phi) is 30.2. The summed E-state index contributed by atoms with van der Waals surface area (Å²) in [6.45, 7) is 51.0. The Morgan fingerprint density at radius 1 is 0.291 bits per heavy atom. The molecule has 0 aliphatic carbocycles. The average molecular weight is 2000 g/mol. The lowest BCUT2D eigenvalue weighted by atomic mass is 10.0. The molecule has 750 valence electrons. The normalized spacial score (nSPS) is 11.7. The number of imide groups is 1. The highest BCUT2D eigenvalue weighted by Gasteiger charge is 2.34. The molecule has 7 N–H and O–H groups in total. The first-order valence-electron chi connectivity index (χ1n) is 47.5. The van der Waals surface area contributed by atoms with Crippen molar-refractivity contribution >= 4 is 164 Å². The van der Waals surface area contributed by atoms with E-state index in [1.807, 2.05) is 217 Å². The minimum absolute atomic E-state index is 0.139. The van der Waals surface area contributed by atoms with E-state index in [2.05, 4.69) is 240 Å². The Labute approximate surface area is 859 Å². The number of benzene rings is 8. The quantitative estimate of drug-likeness (QED) is 0.0470. The standard InChI is InChI=1S/C22H21N5O.C21H21N5O2.C19H19N5.C18H19N5O.C17H18ClN5O.C15H17N5/c1-5-17(28)25-20-18-19(16-11-10-14-8-6-7-9-15(14)12-16)26-27(22(2,3)4)21(18)24-13-23-20;1-6-15(27)25(16(28)7-2)19-17-18(14-11-9-8-10-12-14)24-26(21(3,4)5)20(17)23-13-22-19;1-19(2,3)24-18-15(17(20)21-11-22-18)16(23-24)14-9-8-12-6-4-5-7-13(12)10-14;1-5-13(24)21-16-14-15(12-9-7-6-8-10-12)22-23(18(2,3)4)17(14)20-11-19-16;1-17(2,3)23-16-13(14(22-23)11-7-5-4-6-8-11)15(19-10-20-16)21-12(24)9-18;1-15(2,3)20-14-11(13(16)17-9-18-14)12(19-20)10-7-5-4-6-8-10/h5-13H,1H2,2-4H3,(H,23,24,25,28);6-13H,1-2H2,3-5H3;4-11H,1-3H3,(H2,20,21,22);5-11H,1H2,2-4H3,(H,19,20,21,24);4-8,10H,9H2,1-3H3,(H,19,20,21,24);4-9H,1-3H3,(H2,16,17,18). The number of nitrogens with one attached hydrogen (secondary N) is 3. The van der Waals surface area contributed by atoms with Crippen molar-refractivity contribution in [2.45, 2.75) is 158 Å². The molecule has 0 spiro atoms. The van der Waals surface area contributed by atoms with Crippen LogP contribution in [-0.4, -0.2) is 154 Å². The van der Waals surface area contributed by atoms with Crippen LogP contribution in [0.5, 0.6) is 0 Å². The minimum atomic E-state index is -0.604. The van der Waals surface area contributed by atoms with Crippen molar-refractivity contribution in [1.82, 2.24) is 118 Å². The maximum atomic E-state index is 12.5. The molecule has 0 saturated carbocycles. The Bertz CT molecular complexity index is 8400. The second-order valence-electron chi connectivity index (χ2n) is 40.2. The molecule has 5 amide bonds. The molecule has 12 heterocycles. The topological polar surface area (TPSA) is 438 Å². The zero-order valence-corrected chi connectivity index (χ0v) is 86.4. The predicted molar refractivity (Wildman–Crippen MR) is 588 cm³/mol. The van der Waals surface area contributed by atoms with Gasteiger partial charge in [0.05, 0.1) is 65.6 Å². The van der Waals surface area contributed by atoms with Crippen LogP contribution < -0.4 is 32.3 Å². The second-order valence-corrected chi connectivity index (χ2v) is 40.5. The molecule has 0 fully saturated rings. The smallest absolute Gasteiger partial charge is 0.258 e. The Morgan fingerprint density at radius 3 is 0.824 bits per heavy atom. The van der Waals surface area contributed by atoms with Gasteiger partial charge >= 0.3 is 0 Å².